The molecule has 2 aliphatic carbocycles. The standard InChI is InChI=1S/C26H12F6S/c27-19-17-13-7-3-1-5-11(13)9-15(17)25(23(31)21(19)29)33-26-16-10-12-6-2-4-8-14(12)18(16)20(28)22(30)24(26)32/h1-8H,9-10H2. The average molecular weight is 470 g/mol. The van der Waals surface area contributed by atoms with Crippen LogP contribution in [0.5, 0.6) is 0 Å². The maximum absolute atomic E-state index is 15.0. The van der Waals surface area contributed by atoms with Crippen LogP contribution in [-0.2, 0) is 12.8 Å². The Labute approximate surface area is 188 Å². The second-order valence-electron chi connectivity index (χ2n) is 8.02. The molecule has 7 heteroatoms. The monoisotopic (exact) mass is 470 g/mol. The van der Waals surface area contributed by atoms with Crippen molar-refractivity contribution in [1.29, 1.82) is 0 Å². The van der Waals surface area contributed by atoms with Gasteiger partial charge in [0.05, 0.1) is 9.79 Å². The van der Waals surface area contributed by atoms with E-state index in [0.717, 1.165) is 0 Å². The summed E-state index contributed by atoms with van der Waals surface area (Å²) in [5, 5.41) is 0. The lowest BCUT2D eigenvalue weighted by atomic mass is 10.0. The summed E-state index contributed by atoms with van der Waals surface area (Å²) in [6.45, 7) is 0. The van der Waals surface area contributed by atoms with Crippen molar-refractivity contribution in [2.75, 3.05) is 0 Å². The van der Waals surface area contributed by atoms with Crippen LogP contribution in [0, 0.1) is 34.9 Å². The van der Waals surface area contributed by atoms with Gasteiger partial charge in [0, 0.05) is 11.1 Å². The summed E-state index contributed by atoms with van der Waals surface area (Å²) in [5.41, 5.74) is 2.33. The number of benzene rings is 4. The largest absolute Gasteiger partial charge is 0.203 e. The molecule has 0 fully saturated rings. The highest BCUT2D eigenvalue weighted by molar-refractivity contribution is 7.99. The molecule has 0 unspecified atom stereocenters. The van der Waals surface area contributed by atoms with Gasteiger partial charge in [-0.25, -0.2) is 26.3 Å². The van der Waals surface area contributed by atoms with Gasteiger partial charge in [-0.2, -0.15) is 0 Å². The minimum Gasteiger partial charge on any atom is -0.203 e. The fraction of sp³-hybridized carbons (Fsp3) is 0.0769. The number of halogens is 6. The first-order valence-electron chi connectivity index (χ1n) is 10.1. The van der Waals surface area contributed by atoms with Gasteiger partial charge in [-0.05, 0) is 46.2 Å². The smallest absolute Gasteiger partial charge is 0.196 e. The van der Waals surface area contributed by atoms with Crippen LogP contribution < -0.4 is 0 Å². The van der Waals surface area contributed by atoms with Crippen LogP contribution in [0.1, 0.15) is 22.3 Å². The summed E-state index contributed by atoms with van der Waals surface area (Å²) in [6, 6.07) is 13.4. The molecule has 33 heavy (non-hydrogen) atoms. The highest BCUT2D eigenvalue weighted by atomic mass is 32.2. The predicted octanol–water partition coefficient (Wildman–Crippen LogP) is 7.81. The van der Waals surface area contributed by atoms with Gasteiger partial charge in [-0.3, -0.25) is 0 Å². The van der Waals surface area contributed by atoms with Gasteiger partial charge in [0.1, 0.15) is 0 Å². The normalized spacial score (nSPS) is 13.0. The Morgan fingerprint density at radius 3 is 1.30 bits per heavy atom. The molecule has 0 radical (unpaired) electrons. The van der Waals surface area contributed by atoms with Gasteiger partial charge < -0.3 is 0 Å². The van der Waals surface area contributed by atoms with Crippen LogP contribution in [-0.4, -0.2) is 0 Å². The van der Waals surface area contributed by atoms with Crippen molar-refractivity contribution >= 4 is 11.8 Å². The molecule has 0 N–H and O–H groups in total. The second kappa shape index (κ2) is 7.15. The van der Waals surface area contributed by atoms with Gasteiger partial charge in [-0.1, -0.05) is 60.3 Å². The van der Waals surface area contributed by atoms with Crippen LogP contribution in [0.15, 0.2) is 58.3 Å². The number of rotatable bonds is 2. The summed E-state index contributed by atoms with van der Waals surface area (Å²) in [5.74, 6) is -8.96. The SMILES string of the molecule is Fc1c(F)c(Sc2c(F)c(F)c(F)c3c2Cc2ccccc2-3)c2c(c1F)-c1ccccc1C2. The maximum Gasteiger partial charge on any atom is 0.196 e. The molecule has 0 aliphatic heterocycles. The summed E-state index contributed by atoms with van der Waals surface area (Å²) in [4.78, 5) is -0.661. The zero-order valence-corrected chi connectivity index (χ0v) is 17.5. The van der Waals surface area contributed by atoms with E-state index in [9.17, 15) is 17.6 Å². The lowest BCUT2D eigenvalue weighted by Crippen LogP contribution is -2.04. The van der Waals surface area contributed by atoms with Crippen molar-refractivity contribution in [1.82, 2.24) is 0 Å². The summed E-state index contributed by atoms with van der Waals surface area (Å²) < 4.78 is 88.7. The summed E-state index contributed by atoms with van der Waals surface area (Å²) in [6.07, 6.45) is 0.214. The van der Waals surface area contributed by atoms with E-state index >= 15 is 8.78 Å². The molecule has 0 heterocycles. The molecule has 0 bridgehead atoms. The van der Waals surface area contributed by atoms with Gasteiger partial charge in [0.2, 0.25) is 0 Å². The quantitative estimate of drug-likeness (QED) is 0.184. The Hall–Kier alpha value is -3.19. The van der Waals surface area contributed by atoms with Crippen LogP contribution >= 0.6 is 11.8 Å². The van der Waals surface area contributed by atoms with Crippen LogP contribution in [0.3, 0.4) is 0 Å². The molecule has 0 saturated carbocycles. The third-order valence-electron chi connectivity index (χ3n) is 6.27. The van der Waals surface area contributed by atoms with Gasteiger partial charge >= 0.3 is 0 Å². The first-order chi connectivity index (χ1) is 15.9. The lowest BCUT2D eigenvalue weighted by Gasteiger charge is -2.16. The Kier molecular flexibility index (Phi) is 4.43. The molecular weight excluding hydrogens is 458 g/mol. The van der Waals surface area contributed by atoms with Gasteiger partial charge in [0.15, 0.2) is 34.9 Å². The number of fused-ring (bicyclic) bond motifs is 6. The fourth-order valence-electron chi connectivity index (χ4n) is 4.80. The van der Waals surface area contributed by atoms with E-state index in [1.807, 2.05) is 0 Å². The van der Waals surface area contributed by atoms with E-state index < -0.39 is 34.9 Å². The lowest BCUT2D eigenvalue weighted by molar-refractivity contribution is 0.432. The number of hydrogen-bond acceptors (Lipinski definition) is 1. The third kappa shape index (κ3) is 2.75. The number of hydrogen-bond donors (Lipinski definition) is 0. The van der Waals surface area contributed by atoms with E-state index in [0.29, 0.717) is 34.0 Å². The first-order valence-corrected chi connectivity index (χ1v) is 10.9. The predicted molar refractivity (Wildman–Crippen MR) is 113 cm³/mol. The second-order valence-corrected chi connectivity index (χ2v) is 9.04. The molecule has 0 atom stereocenters. The molecule has 0 nitrogen and oxygen atoms in total. The van der Waals surface area contributed by atoms with Crippen molar-refractivity contribution in [3.63, 3.8) is 0 Å². The molecule has 0 aromatic heterocycles. The molecule has 0 amide bonds. The van der Waals surface area contributed by atoms with E-state index in [4.69, 9.17) is 0 Å². The van der Waals surface area contributed by atoms with Crippen molar-refractivity contribution in [2.45, 2.75) is 22.6 Å². The molecule has 164 valence electrons. The van der Waals surface area contributed by atoms with E-state index in [1.54, 1.807) is 48.5 Å². The van der Waals surface area contributed by atoms with Crippen LogP contribution in [0.2, 0.25) is 0 Å². The average Bonchev–Trinajstić information content (AvgIpc) is 3.40. The maximum atomic E-state index is 15.0. The minimum atomic E-state index is -1.68. The zero-order valence-electron chi connectivity index (χ0n) is 16.7. The Bertz CT molecular complexity index is 1400. The Morgan fingerprint density at radius 1 is 0.485 bits per heavy atom. The Balaban J connectivity index is 1.59. The molecule has 4 aromatic rings. The van der Waals surface area contributed by atoms with Gasteiger partial charge in [-0.15, -0.1) is 0 Å². The topological polar surface area (TPSA) is 0 Å². The van der Waals surface area contributed by atoms with E-state index in [2.05, 4.69) is 0 Å². The minimum absolute atomic E-state index is 0.0880. The van der Waals surface area contributed by atoms with Crippen molar-refractivity contribution in [3.05, 3.63) is 106 Å². The molecule has 2 aliphatic rings. The third-order valence-corrected chi connectivity index (χ3v) is 7.53. The molecular formula is C26H12F6S. The fourth-order valence-corrected chi connectivity index (χ4v) is 5.96. The van der Waals surface area contributed by atoms with E-state index in [1.165, 1.54) is 0 Å². The van der Waals surface area contributed by atoms with Crippen molar-refractivity contribution in [2.24, 2.45) is 0 Å². The molecule has 6 rings (SSSR count). The van der Waals surface area contributed by atoms with Crippen molar-refractivity contribution in [3.8, 4) is 22.3 Å². The molecule has 4 aromatic carbocycles. The van der Waals surface area contributed by atoms with Crippen molar-refractivity contribution < 1.29 is 26.3 Å². The molecule has 0 saturated heterocycles. The highest BCUT2D eigenvalue weighted by Gasteiger charge is 2.35. The summed E-state index contributed by atoms with van der Waals surface area (Å²) in [7, 11) is 0. The highest BCUT2D eigenvalue weighted by Crippen LogP contribution is 2.51. The van der Waals surface area contributed by atoms with E-state index in [-0.39, 0.29) is 44.9 Å². The van der Waals surface area contributed by atoms with Gasteiger partial charge in [0.25, 0.3) is 0 Å². The first kappa shape index (κ1) is 20.4. The van der Waals surface area contributed by atoms with Crippen LogP contribution in [0.4, 0.5) is 26.3 Å². The molecule has 0 spiro atoms. The zero-order chi connectivity index (χ0) is 23.0. The Morgan fingerprint density at radius 2 is 0.879 bits per heavy atom. The van der Waals surface area contributed by atoms with Crippen LogP contribution in [0.25, 0.3) is 22.3 Å². The summed E-state index contributed by atoms with van der Waals surface area (Å²) >= 11 is 0.475.